The Hall–Kier alpha value is -2.87. The molecule has 24 heavy (non-hydrogen) atoms. The quantitative estimate of drug-likeness (QED) is 0.614. The zero-order valence-electron chi connectivity index (χ0n) is 13.1. The summed E-state index contributed by atoms with van der Waals surface area (Å²) in [6.07, 6.45) is 0. The molecule has 0 saturated heterocycles. The summed E-state index contributed by atoms with van der Waals surface area (Å²) in [5, 5.41) is 6.82. The van der Waals surface area contributed by atoms with Crippen LogP contribution < -0.4 is 21.5 Å². The number of carbonyl (C=O) groups excluding carboxylic acids is 3. The number of hydrazine groups is 1. The van der Waals surface area contributed by atoms with Gasteiger partial charge >= 0.3 is 6.03 Å². The van der Waals surface area contributed by atoms with E-state index < -0.39 is 17.8 Å². The van der Waals surface area contributed by atoms with E-state index in [0.29, 0.717) is 11.4 Å². The third-order valence-corrected chi connectivity index (χ3v) is 3.91. The van der Waals surface area contributed by atoms with E-state index >= 15 is 0 Å². The smallest absolute Gasteiger partial charge is 0.315 e. The van der Waals surface area contributed by atoms with E-state index in [4.69, 9.17) is 0 Å². The summed E-state index contributed by atoms with van der Waals surface area (Å²) in [6, 6.07) is 10.7. The van der Waals surface area contributed by atoms with Crippen molar-refractivity contribution in [3.63, 3.8) is 0 Å². The van der Waals surface area contributed by atoms with Gasteiger partial charge < -0.3 is 10.6 Å². The minimum atomic E-state index is -0.523. The average molecular weight is 346 g/mol. The van der Waals surface area contributed by atoms with Crippen molar-refractivity contribution >= 4 is 29.2 Å². The first-order chi connectivity index (χ1) is 11.5. The first-order valence-electron chi connectivity index (χ1n) is 7.24. The molecule has 0 spiro atoms. The Morgan fingerprint density at radius 3 is 2.42 bits per heavy atom. The highest BCUT2D eigenvalue weighted by Crippen LogP contribution is 2.06. The number of hydrogen-bond donors (Lipinski definition) is 4. The molecular weight excluding hydrogens is 328 g/mol. The molecule has 0 radical (unpaired) electrons. The van der Waals surface area contributed by atoms with Gasteiger partial charge in [-0.2, -0.15) is 0 Å². The number of nitrogens with one attached hydrogen (secondary N) is 4. The molecule has 8 heteroatoms. The van der Waals surface area contributed by atoms with Gasteiger partial charge in [0.05, 0.1) is 4.88 Å². The summed E-state index contributed by atoms with van der Waals surface area (Å²) in [7, 11) is 0. The number of urea groups is 1. The Morgan fingerprint density at radius 2 is 1.75 bits per heavy atom. The van der Waals surface area contributed by atoms with Crippen molar-refractivity contribution in [2.75, 3.05) is 6.54 Å². The Balaban J connectivity index is 1.63. The zero-order chi connectivity index (χ0) is 17.4. The number of carbonyl (C=O) groups is 3. The Morgan fingerprint density at radius 1 is 1.00 bits per heavy atom. The number of amides is 4. The largest absolute Gasteiger partial charge is 0.334 e. The van der Waals surface area contributed by atoms with Gasteiger partial charge in [-0.15, -0.1) is 11.3 Å². The molecular formula is C16H18N4O3S. The Kier molecular flexibility index (Phi) is 6.32. The van der Waals surface area contributed by atoms with Crippen LogP contribution in [0.4, 0.5) is 4.79 Å². The van der Waals surface area contributed by atoms with Crippen molar-refractivity contribution in [1.29, 1.82) is 0 Å². The SMILES string of the molecule is Cc1ccc(CNC(=O)NCC(=O)NNC(=O)c2cccs2)cc1. The van der Waals surface area contributed by atoms with E-state index in [1.54, 1.807) is 17.5 Å². The highest BCUT2D eigenvalue weighted by atomic mass is 32.1. The molecule has 0 atom stereocenters. The van der Waals surface area contributed by atoms with Crippen molar-refractivity contribution in [2.24, 2.45) is 0 Å². The topological polar surface area (TPSA) is 99.3 Å². The second kappa shape index (κ2) is 8.68. The lowest BCUT2D eigenvalue weighted by atomic mass is 10.1. The lowest BCUT2D eigenvalue weighted by Crippen LogP contribution is -2.47. The lowest BCUT2D eigenvalue weighted by Gasteiger charge is -2.09. The molecule has 1 heterocycles. The van der Waals surface area contributed by atoms with Crippen molar-refractivity contribution < 1.29 is 14.4 Å². The van der Waals surface area contributed by atoms with Crippen molar-refractivity contribution in [3.8, 4) is 0 Å². The van der Waals surface area contributed by atoms with Crippen LogP contribution in [-0.4, -0.2) is 24.4 Å². The number of benzene rings is 1. The van der Waals surface area contributed by atoms with E-state index in [0.717, 1.165) is 11.1 Å². The second-order valence-corrected chi connectivity index (χ2v) is 5.95. The lowest BCUT2D eigenvalue weighted by molar-refractivity contribution is -0.120. The predicted octanol–water partition coefficient (Wildman–Crippen LogP) is 1.32. The maximum absolute atomic E-state index is 11.6. The standard InChI is InChI=1S/C16H18N4O3S/c1-11-4-6-12(7-5-11)9-17-16(23)18-10-14(21)19-20-15(22)13-3-2-8-24-13/h2-8H,9-10H2,1H3,(H,19,21)(H,20,22)(H2,17,18,23). The van der Waals surface area contributed by atoms with E-state index in [9.17, 15) is 14.4 Å². The molecule has 0 saturated carbocycles. The Bertz CT molecular complexity index is 699. The third-order valence-electron chi connectivity index (χ3n) is 3.04. The highest BCUT2D eigenvalue weighted by Gasteiger charge is 2.09. The van der Waals surface area contributed by atoms with E-state index in [1.807, 2.05) is 31.2 Å². The normalized spacial score (nSPS) is 9.88. The summed E-state index contributed by atoms with van der Waals surface area (Å²) in [6.45, 7) is 2.10. The summed E-state index contributed by atoms with van der Waals surface area (Å²) < 4.78 is 0. The molecule has 2 aromatic rings. The number of hydrogen-bond acceptors (Lipinski definition) is 4. The van der Waals surface area contributed by atoms with Crippen LogP contribution in [0.3, 0.4) is 0 Å². The van der Waals surface area contributed by atoms with Crippen LogP contribution in [-0.2, 0) is 11.3 Å². The monoisotopic (exact) mass is 346 g/mol. The molecule has 1 aromatic carbocycles. The van der Waals surface area contributed by atoms with Gasteiger partial charge in [0.15, 0.2) is 0 Å². The molecule has 4 amide bonds. The maximum Gasteiger partial charge on any atom is 0.315 e. The average Bonchev–Trinajstić information content (AvgIpc) is 3.12. The fourth-order valence-corrected chi connectivity index (χ4v) is 2.37. The van der Waals surface area contributed by atoms with E-state index in [2.05, 4.69) is 21.5 Å². The van der Waals surface area contributed by atoms with E-state index in [1.165, 1.54) is 11.3 Å². The predicted molar refractivity (Wildman–Crippen MR) is 91.3 cm³/mol. The van der Waals surface area contributed by atoms with Gasteiger partial charge in [0.25, 0.3) is 11.8 Å². The van der Waals surface area contributed by atoms with Crippen molar-refractivity contribution in [1.82, 2.24) is 21.5 Å². The molecule has 0 aliphatic rings. The minimum Gasteiger partial charge on any atom is -0.334 e. The Labute approximate surface area is 143 Å². The number of thiophene rings is 1. The summed E-state index contributed by atoms with van der Waals surface area (Å²) >= 11 is 1.26. The van der Waals surface area contributed by atoms with Crippen LogP contribution in [0.25, 0.3) is 0 Å². The van der Waals surface area contributed by atoms with Gasteiger partial charge in [-0.3, -0.25) is 20.4 Å². The molecule has 2 rings (SSSR count). The molecule has 126 valence electrons. The van der Waals surface area contributed by atoms with Gasteiger partial charge in [0.1, 0.15) is 6.54 Å². The molecule has 0 aliphatic carbocycles. The third kappa shape index (κ3) is 5.73. The molecule has 0 bridgehead atoms. The summed E-state index contributed by atoms with van der Waals surface area (Å²) in [4.78, 5) is 35.3. The molecule has 4 N–H and O–H groups in total. The van der Waals surface area contributed by atoms with E-state index in [-0.39, 0.29) is 6.54 Å². The van der Waals surface area contributed by atoms with Crippen LogP contribution in [0, 0.1) is 6.92 Å². The fourth-order valence-electron chi connectivity index (χ4n) is 1.75. The molecule has 0 unspecified atom stereocenters. The van der Waals surface area contributed by atoms with Gasteiger partial charge in [-0.25, -0.2) is 4.79 Å². The van der Waals surface area contributed by atoms with Gasteiger partial charge in [0.2, 0.25) is 0 Å². The summed E-state index contributed by atoms with van der Waals surface area (Å²) in [5.74, 6) is -0.924. The van der Waals surface area contributed by atoms with Crippen LogP contribution in [0.1, 0.15) is 20.8 Å². The van der Waals surface area contributed by atoms with Gasteiger partial charge in [-0.1, -0.05) is 35.9 Å². The van der Waals surface area contributed by atoms with Crippen molar-refractivity contribution in [3.05, 3.63) is 57.8 Å². The minimum absolute atomic E-state index is 0.246. The van der Waals surface area contributed by atoms with Crippen LogP contribution in [0.15, 0.2) is 41.8 Å². The zero-order valence-corrected chi connectivity index (χ0v) is 13.9. The fraction of sp³-hybridized carbons (Fsp3) is 0.188. The number of rotatable bonds is 5. The molecule has 0 aliphatic heterocycles. The second-order valence-electron chi connectivity index (χ2n) is 5.00. The molecule has 7 nitrogen and oxygen atoms in total. The first-order valence-corrected chi connectivity index (χ1v) is 8.12. The highest BCUT2D eigenvalue weighted by molar-refractivity contribution is 7.12. The number of aryl methyl sites for hydroxylation is 1. The van der Waals surface area contributed by atoms with Gasteiger partial charge in [0, 0.05) is 6.54 Å². The molecule has 0 fully saturated rings. The summed E-state index contributed by atoms with van der Waals surface area (Å²) in [5.41, 5.74) is 6.61. The molecule has 1 aromatic heterocycles. The van der Waals surface area contributed by atoms with Gasteiger partial charge in [-0.05, 0) is 23.9 Å². The van der Waals surface area contributed by atoms with Crippen LogP contribution >= 0.6 is 11.3 Å². The van der Waals surface area contributed by atoms with Crippen LogP contribution in [0.5, 0.6) is 0 Å². The van der Waals surface area contributed by atoms with Crippen molar-refractivity contribution in [2.45, 2.75) is 13.5 Å². The first kappa shape index (κ1) is 17.5. The van der Waals surface area contributed by atoms with Crippen LogP contribution in [0.2, 0.25) is 0 Å². The maximum atomic E-state index is 11.6.